The number of fused-ring (bicyclic) bond motifs is 1. The Morgan fingerprint density at radius 2 is 2.11 bits per heavy atom. The largest absolute Gasteiger partial charge is 0.487 e. The molecule has 0 saturated carbocycles. The van der Waals surface area contributed by atoms with Gasteiger partial charge >= 0.3 is 0 Å². The van der Waals surface area contributed by atoms with Crippen molar-refractivity contribution in [1.29, 1.82) is 0 Å². The Balaban J connectivity index is 2.19. The van der Waals surface area contributed by atoms with E-state index in [2.05, 4.69) is 57.3 Å². The van der Waals surface area contributed by atoms with Gasteiger partial charge in [-0.1, -0.05) is 39.0 Å². The average Bonchev–Trinajstić information content (AvgIpc) is 2.37. The summed E-state index contributed by atoms with van der Waals surface area (Å²) in [7, 11) is 0. The lowest BCUT2D eigenvalue weighted by molar-refractivity contribution is 0.0351. The Labute approximate surface area is 117 Å². The Hall–Kier alpha value is -1.02. The molecule has 1 aromatic carbocycles. The molecule has 0 radical (unpaired) electrons. The van der Waals surface area contributed by atoms with Crippen LogP contribution in [0.15, 0.2) is 24.3 Å². The van der Waals surface area contributed by atoms with Crippen molar-refractivity contribution in [2.75, 3.05) is 6.54 Å². The molecule has 2 nitrogen and oxygen atoms in total. The molecule has 0 saturated heterocycles. The van der Waals surface area contributed by atoms with Gasteiger partial charge in [-0.05, 0) is 38.3 Å². The fraction of sp³-hybridized carbons (Fsp3) is 0.647. The number of hydrogen-bond acceptors (Lipinski definition) is 2. The molecule has 1 aliphatic rings. The molecule has 19 heavy (non-hydrogen) atoms. The van der Waals surface area contributed by atoms with Crippen LogP contribution in [0.2, 0.25) is 0 Å². The van der Waals surface area contributed by atoms with Gasteiger partial charge in [-0.25, -0.2) is 0 Å². The van der Waals surface area contributed by atoms with Gasteiger partial charge in [0.1, 0.15) is 11.4 Å². The highest BCUT2D eigenvalue weighted by Crippen LogP contribution is 2.41. The molecule has 2 unspecified atom stereocenters. The first-order valence-electron chi connectivity index (χ1n) is 7.55. The van der Waals surface area contributed by atoms with E-state index < -0.39 is 0 Å². The molecule has 0 aliphatic carbocycles. The van der Waals surface area contributed by atoms with Gasteiger partial charge in [0.05, 0.1) is 0 Å². The minimum atomic E-state index is -0.0362. The number of benzene rings is 1. The van der Waals surface area contributed by atoms with Crippen LogP contribution in [0.4, 0.5) is 0 Å². The van der Waals surface area contributed by atoms with Crippen LogP contribution in [-0.4, -0.2) is 12.1 Å². The summed E-state index contributed by atoms with van der Waals surface area (Å²) in [4.78, 5) is 0. The number of hydrogen-bond donors (Lipinski definition) is 1. The summed E-state index contributed by atoms with van der Waals surface area (Å²) in [6, 6.07) is 8.88. The SMILES string of the molecule is CCNC1CC(C)(CCC(C)C)Oc2ccccc21. The van der Waals surface area contributed by atoms with Crippen molar-refractivity contribution >= 4 is 0 Å². The molecule has 0 aromatic heterocycles. The van der Waals surface area contributed by atoms with Gasteiger partial charge in [0.15, 0.2) is 0 Å². The summed E-state index contributed by atoms with van der Waals surface area (Å²) in [6.45, 7) is 9.99. The summed E-state index contributed by atoms with van der Waals surface area (Å²) in [6.07, 6.45) is 3.41. The van der Waals surface area contributed by atoms with Crippen molar-refractivity contribution in [3.05, 3.63) is 29.8 Å². The highest BCUT2D eigenvalue weighted by Gasteiger charge is 2.36. The van der Waals surface area contributed by atoms with E-state index in [9.17, 15) is 0 Å². The van der Waals surface area contributed by atoms with Gasteiger partial charge < -0.3 is 10.1 Å². The molecule has 1 aliphatic heterocycles. The van der Waals surface area contributed by atoms with Gasteiger partial charge in [-0.15, -0.1) is 0 Å². The van der Waals surface area contributed by atoms with E-state index >= 15 is 0 Å². The standard InChI is InChI=1S/C17H27NO/c1-5-18-15-12-17(4,11-10-13(2)3)19-16-9-7-6-8-14(15)16/h6-9,13,15,18H,5,10-12H2,1-4H3. The van der Waals surface area contributed by atoms with Crippen molar-refractivity contribution in [2.24, 2.45) is 5.92 Å². The van der Waals surface area contributed by atoms with Crippen molar-refractivity contribution in [1.82, 2.24) is 5.32 Å². The average molecular weight is 261 g/mol. The molecular formula is C17H27NO. The smallest absolute Gasteiger partial charge is 0.124 e. The van der Waals surface area contributed by atoms with E-state index in [1.165, 1.54) is 12.0 Å². The maximum Gasteiger partial charge on any atom is 0.124 e. The quantitative estimate of drug-likeness (QED) is 0.852. The topological polar surface area (TPSA) is 21.3 Å². The zero-order chi connectivity index (χ0) is 13.9. The Bertz CT molecular complexity index is 415. The van der Waals surface area contributed by atoms with Crippen LogP contribution >= 0.6 is 0 Å². The second-order valence-corrected chi connectivity index (χ2v) is 6.34. The van der Waals surface area contributed by atoms with Gasteiger partial charge in [-0.3, -0.25) is 0 Å². The number of nitrogens with one attached hydrogen (secondary N) is 1. The number of para-hydroxylation sites is 1. The van der Waals surface area contributed by atoms with Crippen molar-refractivity contribution in [3.63, 3.8) is 0 Å². The normalized spacial score (nSPS) is 26.1. The summed E-state index contributed by atoms with van der Waals surface area (Å²) in [5.41, 5.74) is 1.28. The lowest BCUT2D eigenvalue weighted by Crippen LogP contribution is -2.42. The second-order valence-electron chi connectivity index (χ2n) is 6.34. The third kappa shape index (κ3) is 3.50. The third-order valence-electron chi connectivity index (χ3n) is 3.99. The zero-order valence-corrected chi connectivity index (χ0v) is 12.7. The van der Waals surface area contributed by atoms with Crippen LogP contribution in [-0.2, 0) is 0 Å². The van der Waals surface area contributed by atoms with Crippen molar-refractivity contribution in [3.8, 4) is 5.75 Å². The first-order chi connectivity index (χ1) is 9.04. The monoisotopic (exact) mass is 261 g/mol. The van der Waals surface area contributed by atoms with Crippen molar-refractivity contribution in [2.45, 2.75) is 58.6 Å². The molecule has 0 bridgehead atoms. The van der Waals surface area contributed by atoms with E-state index in [-0.39, 0.29) is 5.60 Å². The lowest BCUT2D eigenvalue weighted by Gasteiger charge is -2.40. The Kier molecular flexibility index (Phi) is 4.51. The Morgan fingerprint density at radius 3 is 2.79 bits per heavy atom. The first kappa shape index (κ1) is 14.4. The summed E-state index contributed by atoms with van der Waals surface area (Å²) in [5, 5.41) is 3.60. The van der Waals surface area contributed by atoms with Crippen LogP contribution in [0.5, 0.6) is 5.75 Å². The lowest BCUT2D eigenvalue weighted by atomic mass is 9.84. The maximum atomic E-state index is 6.31. The van der Waals surface area contributed by atoms with Crippen LogP contribution < -0.4 is 10.1 Å². The maximum absolute atomic E-state index is 6.31. The van der Waals surface area contributed by atoms with E-state index in [0.717, 1.165) is 31.1 Å². The minimum absolute atomic E-state index is 0.0362. The highest BCUT2D eigenvalue weighted by molar-refractivity contribution is 5.38. The minimum Gasteiger partial charge on any atom is -0.487 e. The van der Waals surface area contributed by atoms with E-state index in [4.69, 9.17) is 4.74 Å². The van der Waals surface area contributed by atoms with E-state index in [0.29, 0.717) is 6.04 Å². The molecule has 0 amide bonds. The fourth-order valence-corrected chi connectivity index (χ4v) is 2.89. The van der Waals surface area contributed by atoms with Crippen LogP contribution in [0.3, 0.4) is 0 Å². The van der Waals surface area contributed by atoms with Gasteiger partial charge in [0.25, 0.3) is 0 Å². The van der Waals surface area contributed by atoms with E-state index in [1.54, 1.807) is 0 Å². The van der Waals surface area contributed by atoms with Crippen LogP contribution in [0.25, 0.3) is 0 Å². The molecule has 0 spiro atoms. The first-order valence-corrected chi connectivity index (χ1v) is 7.55. The molecule has 1 heterocycles. The molecule has 0 fully saturated rings. The molecule has 2 rings (SSSR count). The van der Waals surface area contributed by atoms with E-state index in [1.807, 2.05) is 0 Å². The molecule has 106 valence electrons. The predicted octanol–water partition coefficient (Wildman–Crippen LogP) is 4.31. The van der Waals surface area contributed by atoms with Crippen LogP contribution in [0, 0.1) is 5.92 Å². The van der Waals surface area contributed by atoms with Crippen LogP contribution in [0.1, 0.15) is 58.6 Å². The summed E-state index contributed by atoms with van der Waals surface area (Å²) >= 11 is 0. The molecule has 1 aromatic rings. The predicted molar refractivity (Wildman–Crippen MR) is 80.6 cm³/mol. The van der Waals surface area contributed by atoms with Gasteiger partial charge in [0.2, 0.25) is 0 Å². The zero-order valence-electron chi connectivity index (χ0n) is 12.7. The molecule has 2 atom stereocenters. The summed E-state index contributed by atoms with van der Waals surface area (Å²) < 4.78 is 6.31. The molecule has 2 heteroatoms. The second kappa shape index (κ2) is 5.96. The van der Waals surface area contributed by atoms with Gasteiger partial charge in [0, 0.05) is 18.0 Å². The van der Waals surface area contributed by atoms with Crippen molar-refractivity contribution < 1.29 is 4.74 Å². The van der Waals surface area contributed by atoms with Gasteiger partial charge in [-0.2, -0.15) is 0 Å². The number of ether oxygens (including phenoxy) is 1. The Morgan fingerprint density at radius 1 is 1.37 bits per heavy atom. The third-order valence-corrected chi connectivity index (χ3v) is 3.99. The molecular weight excluding hydrogens is 234 g/mol. The highest BCUT2D eigenvalue weighted by atomic mass is 16.5. The molecule has 1 N–H and O–H groups in total. The fourth-order valence-electron chi connectivity index (χ4n) is 2.89. The summed E-state index contributed by atoms with van der Waals surface area (Å²) in [5.74, 6) is 1.79. The number of rotatable bonds is 5.